The molecule has 0 aliphatic carbocycles. The number of nitrogens with one attached hydrogen (secondary N) is 2. The van der Waals surface area contributed by atoms with Crippen LogP contribution in [0.25, 0.3) is 0 Å². The molecule has 0 unspecified atom stereocenters. The van der Waals surface area contributed by atoms with E-state index in [0.29, 0.717) is 22.1 Å². The normalized spacial score (nSPS) is 10.7. The Morgan fingerprint density at radius 3 is 2.52 bits per heavy atom. The quantitative estimate of drug-likeness (QED) is 0.283. The number of hydrazone groups is 1. The van der Waals surface area contributed by atoms with Crippen LogP contribution >= 0.6 is 23.2 Å². The number of hydrogen-bond donors (Lipinski definition) is 2. The number of methoxy groups -OCH3 is 1. The van der Waals surface area contributed by atoms with Crippen molar-refractivity contribution >= 4 is 46.9 Å². The van der Waals surface area contributed by atoms with E-state index in [1.165, 1.54) is 25.5 Å². The van der Waals surface area contributed by atoms with Crippen LogP contribution in [0, 0.1) is 5.82 Å². The van der Waals surface area contributed by atoms with Gasteiger partial charge in [-0.1, -0.05) is 41.4 Å². The minimum Gasteiger partial charge on any atom is -0.493 e. The van der Waals surface area contributed by atoms with E-state index in [-0.39, 0.29) is 17.3 Å². The van der Waals surface area contributed by atoms with Gasteiger partial charge in [-0.25, -0.2) is 9.82 Å². The zero-order valence-electron chi connectivity index (χ0n) is 17.3. The first kappa shape index (κ1) is 24.0. The molecular weight excluding hydrogens is 472 g/mol. The van der Waals surface area contributed by atoms with Gasteiger partial charge in [0.1, 0.15) is 12.4 Å². The first-order valence-corrected chi connectivity index (χ1v) is 10.3. The molecule has 0 heterocycles. The van der Waals surface area contributed by atoms with E-state index in [0.717, 1.165) is 11.6 Å². The molecule has 33 heavy (non-hydrogen) atoms. The average molecular weight is 490 g/mol. The van der Waals surface area contributed by atoms with Crippen molar-refractivity contribution in [3.8, 4) is 11.5 Å². The topological polar surface area (TPSA) is 89.0 Å². The highest BCUT2D eigenvalue weighted by Crippen LogP contribution is 2.29. The SMILES string of the molecule is COc1cc(/C=N/NC(=O)C(=O)Nc2ccc(F)c(Cl)c2)ccc1OCc1ccccc1Cl. The Hall–Kier alpha value is -3.62. The molecule has 7 nitrogen and oxygen atoms in total. The van der Waals surface area contributed by atoms with Crippen molar-refractivity contribution < 1.29 is 23.5 Å². The molecule has 10 heteroatoms. The molecule has 3 rings (SSSR count). The lowest BCUT2D eigenvalue weighted by molar-refractivity contribution is -0.136. The highest BCUT2D eigenvalue weighted by molar-refractivity contribution is 6.39. The molecule has 170 valence electrons. The smallest absolute Gasteiger partial charge is 0.329 e. The monoisotopic (exact) mass is 489 g/mol. The van der Waals surface area contributed by atoms with Crippen molar-refractivity contribution in [3.63, 3.8) is 0 Å². The van der Waals surface area contributed by atoms with E-state index in [2.05, 4.69) is 15.8 Å². The fourth-order valence-electron chi connectivity index (χ4n) is 2.63. The molecule has 0 radical (unpaired) electrons. The van der Waals surface area contributed by atoms with E-state index in [9.17, 15) is 14.0 Å². The van der Waals surface area contributed by atoms with Gasteiger partial charge in [-0.2, -0.15) is 5.10 Å². The Morgan fingerprint density at radius 1 is 1.00 bits per heavy atom. The van der Waals surface area contributed by atoms with Crippen LogP contribution in [0.2, 0.25) is 10.0 Å². The van der Waals surface area contributed by atoms with Gasteiger partial charge in [0.05, 0.1) is 18.3 Å². The number of hydrogen-bond acceptors (Lipinski definition) is 5. The molecule has 0 atom stereocenters. The lowest BCUT2D eigenvalue weighted by Crippen LogP contribution is -2.32. The summed E-state index contributed by atoms with van der Waals surface area (Å²) in [5, 5.41) is 6.47. The number of carbonyl (C=O) groups excluding carboxylic acids is 2. The number of amides is 2. The maximum Gasteiger partial charge on any atom is 0.329 e. The Kier molecular flexibility index (Phi) is 8.23. The second-order valence-electron chi connectivity index (χ2n) is 6.57. The van der Waals surface area contributed by atoms with Gasteiger partial charge in [0.15, 0.2) is 11.5 Å². The largest absolute Gasteiger partial charge is 0.493 e. The third kappa shape index (κ3) is 6.68. The molecule has 0 aliphatic heterocycles. The predicted molar refractivity (Wildman–Crippen MR) is 125 cm³/mol. The average Bonchev–Trinajstić information content (AvgIpc) is 2.81. The minimum absolute atomic E-state index is 0.169. The van der Waals surface area contributed by atoms with Crippen LogP contribution in [-0.4, -0.2) is 25.1 Å². The zero-order chi connectivity index (χ0) is 23.8. The summed E-state index contributed by atoms with van der Waals surface area (Å²) in [4.78, 5) is 23.8. The van der Waals surface area contributed by atoms with Crippen LogP contribution in [0.5, 0.6) is 11.5 Å². The number of carbonyl (C=O) groups is 2. The van der Waals surface area contributed by atoms with Crippen LogP contribution < -0.4 is 20.2 Å². The molecule has 2 amide bonds. The molecule has 0 saturated heterocycles. The standard InChI is InChI=1S/C23H18Cl2FN3O4/c1-32-21-10-14(6-9-20(21)33-13-15-4-2-3-5-17(15)24)12-27-29-23(31)22(30)28-16-7-8-19(26)18(25)11-16/h2-12H,13H2,1H3,(H,28,30)(H,29,31)/b27-12+. The molecule has 0 saturated carbocycles. The third-order valence-corrected chi connectivity index (χ3v) is 4.95. The minimum atomic E-state index is -1.02. The molecule has 0 fully saturated rings. The van der Waals surface area contributed by atoms with Crippen LogP contribution in [-0.2, 0) is 16.2 Å². The predicted octanol–water partition coefficient (Wildman–Crippen LogP) is 4.81. The number of ether oxygens (including phenoxy) is 2. The lowest BCUT2D eigenvalue weighted by atomic mass is 10.2. The van der Waals surface area contributed by atoms with E-state index >= 15 is 0 Å². The van der Waals surface area contributed by atoms with Gasteiger partial charge in [-0.15, -0.1) is 0 Å². The fourth-order valence-corrected chi connectivity index (χ4v) is 3.00. The number of anilines is 1. The number of nitrogens with zero attached hydrogens (tertiary/aromatic N) is 1. The van der Waals surface area contributed by atoms with Crippen molar-refractivity contribution in [3.05, 3.63) is 87.7 Å². The van der Waals surface area contributed by atoms with Gasteiger partial charge < -0.3 is 14.8 Å². The van der Waals surface area contributed by atoms with Gasteiger partial charge in [0.25, 0.3) is 0 Å². The van der Waals surface area contributed by atoms with E-state index in [1.54, 1.807) is 24.3 Å². The molecule has 0 spiro atoms. The first-order chi connectivity index (χ1) is 15.9. The highest BCUT2D eigenvalue weighted by atomic mass is 35.5. The summed E-state index contributed by atoms with van der Waals surface area (Å²) < 4.78 is 24.3. The van der Waals surface area contributed by atoms with Crippen molar-refractivity contribution in [2.45, 2.75) is 6.61 Å². The van der Waals surface area contributed by atoms with E-state index < -0.39 is 17.6 Å². The summed E-state index contributed by atoms with van der Waals surface area (Å²) in [5.74, 6) is -1.70. The van der Waals surface area contributed by atoms with Crippen LogP contribution in [0.1, 0.15) is 11.1 Å². The van der Waals surface area contributed by atoms with Crippen molar-refractivity contribution in [1.29, 1.82) is 0 Å². The van der Waals surface area contributed by atoms with Crippen LogP contribution in [0.15, 0.2) is 65.8 Å². The summed E-state index contributed by atoms with van der Waals surface area (Å²) in [6.07, 6.45) is 1.33. The first-order valence-electron chi connectivity index (χ1n) is 9.51. The molecule has 3 aromatic carbocycles. The Bertz CT molecular complexity index is 1200. The molecule has 2 N–H and O–H groups in total. The Morgan fingerprint density at radius 2 is 1.79 bits per heavy atom. The van der Waals surface area contributed by atoms with Gasteiger partial charge >= 0.3 is 11.8 Å². The third-order valence-electron chi connectivity index (χ3n) is 4.29. The summed E-state index contributed by atoms with van der Waals surface area (Å²) in [7, 11) is 1.49. The lowest BCUT2D eigenvalue weighted by Gasteiger charge is -2.12. The molecule has 3 aromatic rings. The summed E-state index contributed by atoms with van der Waals surface area (Å²) in [5.41, 5.74) is 3.69. The highest BCUT2D eigenvalue weighted by Gasteiger charge is 2.14. The van der Waals surface area contributed by atoms with Gasteiger partial charge in [0, 0.05) is 16.3 Å². The Balaban J connectivity index is 1.57. The summed E-state index contributed by atoms with van der Waals surface area (Å²) in [6, 6.07) is 15.9. The van der Waals surface area contributed by atoms with E-state index in [1.807, 2.05) is 18.2 Å². The van der Waals surface area contributed by atoms with E-state index in [4.69, 9.17) is 32.7 Å². The van der Waals surface area contributed by atoms with Gasteiger partial charge in [-0.3, -0.25) is 9.59 Å². The number of halogens is 3. The number of benzene rings is 3. The van der Waals surface area contributed by atoms with Crippen molar-refractivity contribution in [2.24, 2.45) is 5.10 Å². The number of rotatable bonds is 7. The molecule has 0 aromatic heterocycles. The maximum atomic E-state index is 13.2. The summed E-state index contributed by atoms with van der Waals surface area (Å²) in [6.45, 7) is 0.258. The summed E-state index contributed by atoms with van der Waals surface area (Å²) >= 11 is 11.8. The van der Waals surface area contributed by atoms with Crippen LogP contribution in [0.4, 0.5) is 10.1 Å². The molecule has 0 aliphatic rings. The van der Waals surface area contributed by atoms with Gasteiger partial charge in [0.2, 0.25) is 0 Å². The maximum absolute atomic E-state index is 13.2. The second kappa shape index (κ2) is 11.3. The molecule has 0 bridgehead atoms. The fraction of sp³-hybridized carbons (Fsp3) is 0.0870. The zero-order valence-corrected chi connectivity index (χ0v) is 18.8. The second-order valence-corrected chi connectivity index (χ2v) is 7.39. The Labute approximate surface area is 199 Å². The van der Waals surface area contributed by atoms with Crippen LogP contribution in [0.3, 0.4) is 0 Å². The molecular formula is C23H18Cl2FN3O4. The van der Waals surface area contributed by atoms with Gasteiger partial charge in [-0.05, 0) is 48.0 Å². The van der Waals surface area contributed by atoms with Crippen molar-refractivity contribution in [2.75, 3.05) is 12.4 Å². The van der Waals surface area contributed by atoms with Crippen molar-refractivity contribution in [1.82, 2.24) is 5.43 Å².